The molecule has 1 saturated heterocycles. The quantitative estimate of drug-likeness (QED) is 0.772. The van der Waals surface area contributed by atoms with E-state index in [-0.39, 0.29) is 10.8 Å². The summed E-state index contributed by atoms with van der Waals surface area (Å²) in [6.45, 7) is 6.15. The lowest BCUT2D eigenvalue weighted by Gasteiger charge is -2.23. The average Bonchev–Trinajstić information content (AvgIpc) is 2.78. The first-order valence-electron chi connectivity index (χ1n) is 8.68. The topological polar surface area (TPSA) is 70.1 Å². The lowest BCUT2D eigenvalue weighted by Crippen LogP contribution is -2.37. The van der Waals surface area contributed by atoms with Crippen molar-refractivity contribution in [2.45, 2.75) is 26.7 Å². The molecule has 0 atom stereocenters. The van der Waals surface area contributed by atoms with Gasteiger partial charge >= 0.3 is 0 Å². The fourth-order valence-electron chi connectivity index (χ4n) is 3.39. The molecule has 2 heterocycles. The van der Waals surface area contributed by atoms with Crippen LogP contribution in [0.3, 0.4) is 0 Å². The maximum Gasteiger partial charge on any atom is 0.285 e. The standard InChI is InChI=1S/C18H22ClN3O3S/c1-3-16(23)21-9-4-10-22(12-11-21)18-13(2)17(26(24,25)20-18)14-5-7-15(19)8-6-14/h5-8H,3-4,9-12H2,1-2H3. The minimum Gasteiger partial charge on any atom is -0.354 e. The Balaban J connectivity index is 1.89. The number of benzene rings is 1. The van der Waals surface area contributed by atoms with E-state index in [1.807, 2.05) is 16.7 Å². The van der Waals surface area contributed by atoms with Crippen LogP contribution in [0.5, 0.6) is 0 Å². The van der Waals surface area contributed by atoms with Crippen LogP contribution in [0.2, 0.25) is 5.02 Å². The van der Waals surface area contributed by atoms with Gasteiger partial charge in [0.1, 0.15) is 10.7 Å². The van der Waals surface area contributed by atoms with Crippen molar-refractivity contribution >= 4 is 38.3 Å². The predicted octanol–water partition coefficient (Wildman–Crippen LogP) is 2.76. The Morgan fingerprint density at radius 1 is 1.15 bits per heavy atom. The third-order valence-corrected chi connectivity index (χ3v) is 6.42. The molecule has 2 aliphatic heterocycles. The second-order valence-electron chi connectivity index (χ2n) is 6.43. The minimum absolute atomic E-state index is 0.127. The van der Waals surface area contributed by atoms with Gasteiger partial charge in [-0.2, -0.15) is 8.42 Å². The molecule has 6 nitrogen and oxygen atoms in total. The highest BCUT2D eigenvalue weighted by Gasteiger charge is 2.34. The molecular formula is C18H22ClN3O3S. The van der Waals surface area contributed by atoms with E-state index in [4.69, 9.17) is 11.6 Å². The van der Waals surface area contributed by atoms with Crippen molar-refractivity contribution in [3.63, 3.8) is 0 Å². The van der Waals surface area contributed by atoms with Crippen LogP contribution in [0.1, 0.15) is 32.3 Å². The maximum absolute atomic E-state index is 12.6. The SMILES string of the molecule is CCC(=O)N1CCCN(C2=NS(=O)(=O)C(c3ccc(Cl)cc3)=C2C)CC1. The van der Waals surface area contributed by atoms with Crippen LogP contribution in [0.25, 0.3) is 4.91 Å². The van der Waals surface area contributed by atoms with Crippen LogP contribution in [0.4, 0.5) is 0 Å². The van der Waals surface area contributed by atoms with Crippen LogP contribution in [0, 0.1) is 0 Å². The highest BCUT2D eigenvalue weighted by Crippen LogP contribution is 2.34. The smallest absolute Gasteiger partial charge is 0.285 e. The Labute approximate surface area is 159 Å². The fraction of sp³-hybridized carbons (Fsp3) is 0.444. The van der Waals surface area contributed by atoms with Gasteiger partial charge in [-0.05, 0) is 31.0 Å². The molecule has 3 rings (SSSR count). The summed E-state index contributed by atoms with van der Waals surface area (Å²) in [6.07, 6.45) is 1.27. The van der Waals surface area contributed by atoms with Crippen LogP contribution in [-0.4, -0.2) is 56.1 Å². The van der Waals surface area contributed by atoms with Gasteiger partial charge in [-0.3, -0.25) is 4.79 Å². The van der Waals surface area contributed by atoms with E-state index in [0.29, 0.717) is 54.6 Å². The summed E-state index contributed by atoms with van der Waals surface area (Å²) in [5, 5.41) is 0.553. The van der Waals surface area contributed by atoms with Crippen molar-refractivity contribution in [1.29, 1.82) is 0 Å². The normalized spacial score (nSPS) is 20.2. The number of carbonyl (C=O) groups excluding carboxylic acids is 1. The van der Waals surface area contributed by atoms with Crippen LogP contribution >= 0.6 is 11.6 Å². The van der Waals surface area contributed by atoms with E-state index >= 15 is 0 Å². The van der Waals surface area contributed by atoms with E-state index in [1.54, 1.807) is 31.2 Å². The highest BCUT2D eigenvalue weighted by molar-refractivity contribution is 8.00. The molecule has 0 radical (unpaired) electrons. The highest BCUT2D eigenvalue weighted by atomic mass is 35.5. The Bertz CT molecular complexity index is 875. The molecule has 8 heteroatoms. The van der Waals surface area contributed by atoms with E-state index in [0.717, 1.165) is 6.42 Å². The predicted molar refractivity (Wildman–Crippen MR) is 103 cm³/mol. The zero-order chi connectivity index (χ0) is 18.9. The average molecular weight is 396 g/mol. The molecule has 0 aliphatic carbocycles. The van der Waals surface area contributed by atoms with Crippen molar-refractivity contribution in [3.05, 3.63) is 40.4 Å². The molecule has 140 valence electrons. The molecule has 0 unspecified atom stereocenters. The Morgan fingerprint density at radius 2 is 1.85 bits per heavy atom. The third-order valence-electron chi connectivity index (χ3n) is 4.70. The molecule has 2 aliphatic rings. The summed E-state index contributed by atoms with van der Waals surface area (Å²) in [4.78, 5) is 16.0. The van der Waals surface area contributed by atoms with Crippen molar-refractivity contribution < 1.29 is 13.2 Å². The second-order valence-corrected chi connectivity index (χ2v) is 8.40. The third kappa shape index (κ3) is 3.64. The van der Waals surface area contributed by atoms with Gasteiger partial charge < -0.3 is 9.80 Å². The lowest BCUT2D eigenvalue weighted by molar-refractivity contribution is -0.130. The molecule has 0 bridgehead atoms. The first kappa shape index (κ1) is 18.9. The van der Waals surface area contributed by atoms with Crippen molar-refractivity contribution in [2.24, 2.45) is 4.40 Å². The van der Waals surface area contributed by atoms with Gasteiger partial charge in [-0.25, -0.2) is 0 Å². The monoisotopic (exact) mass is 395 g/mol. The summed E-state index contributed by atoms with van der Waals surface area (Å²) in [6, 6.07) is 6.73. The number of halogens is 1. The van der Waals surface area contributed by atoms with Gasteiger partial charge in [0.2, 0.25) is 5.91 Å². The lowest BCUT2D eigenvalue weighted by atomic mass is 10.1. The number of nitrogens with zero attached hydrogens (tertiary/aromatic N) is 3. The summed E-state index contributed by atoms with van der Waals surface area (Å²) in [5.74, 6) is 0.614. The zero-order valence-corrected chi connectivity index (χ0v) is 16.5. The van der Waals surface area contributed by atoms with E-state index in [1.165, 1.54) is 0 Å². The summed E-state index contributed by atoms with van der Waals surface area (Å²) in [5.41, 5.74) is 1.23. The van der Waals surface area contributed by atoms with Gasteiger partial charge in [0.15, 0.2) is 0 Å². The number of amidine groups is 1. The van der Waals surface area contributed by atoms with Crippen LogP contribution in [-0.2, 0) is 14.8 Å². The molecule has 26 heavy (non-hydrogen) atoms. The fourth-order valence-corrected chi connectivity index (χ4v) is 5.00. The molecule has 1 fully saturated rings. The minimum atomic E-state index is -3.74. The first-order chi connectivity index (χ1) is 12.3. The largest absolute Gasteiger partial charge is 0.354 e. The Hall–Kier alpha value is -1.86. The van der Waals surface area contributed by atoms with Gasteiger partial charge in [-0.1, -0.05) is 30.7 Å². The summed E-state index contributed by atoms with van der Waals surface area (Å²) >= 11 is 5.91. The second kappa shape index (κ2) is 7.40. The van der Waals surface area contributed by atoms with Gasteiger partial charge in [-0.15, -0.1) is 4.40 Å². The summed E-state index contributed by atoms with van der Waals surface area (Å²) in [7, 11) is -3.74. The van der Waals surface area contributed by atoms with Gasteiger partial charge in [0.05, 0.1) is 0 Å². The first-order valence-corrected chi connectivity index (χ1v) is 10.5. The molecule has 1 aromatic carbocycles. The zero-order valence-electron chi connectivity index (χ0n) is 14.9. The number of hydrogen-bond acceptors (Lipinski definition) is 4. The van der Waals surface area contributed by atoms with Crippen LogP contribution in [0.15, 0.2) is 34.2 Å². The number of carbonyl (C=O) groups is 1. The Kier molecular flexibility index (Phi) is 5.39. The molecule has 0 saturated carbocycles. The molecular weight excluding hydrogens is 374 g/mol. The number of rotatable bonds is 2. The number of sulfonamides is 1. The van der Waals surface area contributed by atoms with Crippen molar-refractivity contribution in [2.75, 3.05) is 26.2 Å². The number of amides is 1. The van der Waals surface area contributed by atoms with Gasteiger partial charge in [0.25, 0.3) is 10.0 Å². The Morgan fingerprint density at radius 3 is 2.50 bits per heavy atom. The van der Waals surface area contributed by atoms with E-state index in [9.17, 15) is 13.2 Å². The molecule has 1 aromatic rings. The van der Waals surface area contributed by atoms with E-state index < -0.39 is 10.0 Å². The number of hydrogen-bond donors (Lipinski definition) is 0. The maximum atomic E-state index is 12.6. The van der Waals surface area contributed by atoms with Crippen molar-refractivity contribution in [1.82, 2.24) is 9.80 Å². The molecule has 0 aromatic heterocycles. The van der Waals surface area contributed by atoms with Crippen LogP contribution < -0.4 is 0 Å². The van der Waals surface area contributed by atoms with Crippen molar-refractivity contribution in [3.8, 4) is 0 Å². The molecule has 0 N–H and O–H groups in total. The van der Waals surface area contributed by atoms with Gasteiger partial charge in [0, 0.05) is 43.2 Å². The molecule has 1 amide bonds. The van der Waals surface area contributed by atoms with E-state index in [2.05, 4.69) is 4.40 Å². The summed E-state index contributed by atoms with van der Waals surface area (Å²) < 4.78 is 29.3. The molecule has 0 spiro atoms.